The Morgan fingerprint density at radius 3 is 2.80 bits per heavy atom. The number of thioether (sulfide) groups is 1. The van der Waals surface area contributed by atoms with Crippen molar-refractivity contribution >= 4 is 34.6 Å². The zero-order chi connectivity index (χ0) is 17.5. The molecule has 0 spiro atoms. The van der Waals surface area contributed by atoms with Crippen LogP contribution in [-0.4, -0.2) is 36.2 Å². The smallest absolute Gasteiger partial charge is 0.266 e. The fraction of sp³-hybridized carbons (Fsp3) is 0.158. The van der Waals surface area contributed by atoms with Gasteiger partial charge in [-0.15, -0.1) is 0 Å². The molecule has 0 radical (unpaired) electrons. The van der Waals surface area contributed by atoms with Crippen LogP contribution in [-0.2, 0) is 9.53 Å². The monoisotopic (exact) mass is 354 g/mol. The van der Waals surface area contributed by atoms with Crippen molar-refractivity contribution in [1.82, 2.24) is 4.90 Å². The summed E-state index contributed by atoms with van der Waals surface area (Å²) in [6.07, 6.45) is 7.01. The lowest BCUT2D eigenvalue weighted by Gasteiger charge is -2.14. The highest BCUT2D eigenvalue weighted by molar-refractivity contribution is 8.18. The van der Waals surface area contributed by atoms with Crippen LogP contribution in [0.25, 0.3) is 6.08 Å². The van der Waals surface area contributed by atoms with E-state index in [2.05, 4.69) is 4.99 Å². The minimum absolute atomic E-state index is 0.0687. The second-order valence-corrected chi connectivity index (χ2v) is 6.20. The van der Waals surface area contributed by atoms with Gasteiger partial charge in [-0.25, -0.2) is 4.99 Å². The summed E-state index contributed by atoms with van der Waals surface area (Å²) in [4.78, 5) is 19.5. The molecule has 1 amide bonds. The Labute approximate surface area is 150 Å². The number of amidine groups is 1. The van der Waals surface area contributed by atoms with E-state index in [0.717, 1.165) is 11.4 Å². The maximum Gasteiger partial charge on any atom is 0.266 e. The largest absolute Gasteiger partial charge is 0.465 e. The lowest BCUT2D eigenvalue weighted by molar-refractivity contribution is -0.122. The number of methoxy groups -OCH3 is 1. The maximum atomic E-state index is 12.6. The summed E-state index contributed by atoms with van der Waals surface area (Å²) < 4.78 is 10.4. The summed E-state index contributed by atoms with van der Waals surface area (Å²) in [6, 6.07) is 13.3. The Balaban J connectivity index is 1.82. The third-order valence-electron chi connectivity index (χ3n) is 3.44. The van der Waals surface area contributed by atoms with Gasteiger partial charge in [0.05, 0.1) is 30.0 Å². The van der Waals surface area contributed by atoms with Gasteiger partial charge in [0.2, 0.25) is 0 Å². The Bertz CT molecular complexity index is 795. The number of benzene rings is 1. The Kier molecular flexibility index (Phi) is 5.87. The zero-order valence-corrected chi connectivity index (χ0v) is 14.6. The number of carbonyl (C=O) groups excluding carboxylic acids is 1. The summed E-state index contributed by atoms with van der Waals surface area (Å²) in [5.74, 6) is 0.669. The molecule has 0 unspecified atom stereocenters. The number of aliphatic imine (C=N–C) groups is 1. The number of carbonyl (C=O) groups is 1. The highest BCUT2D eigenvalue weighted by atomic mass is 32.2. The standard InChI is InChI=1S/C19H18N2O3S/c1-23-14-12-21-18(22)17(11-5-9-16-10-6-13-24-16)25-19(21)20-15-7-3-2-4-8-15/h2-11,13H,12,14H2,1H3/b9-5+,17-11+,20-19?. The normalized spacial score (nSPS) is 18.1. The first kappa shape index (κ1) is 17.3. The predicted molar refractivity (Wildman–Crippen MR) is 101 cm³/mol. The molecule has 25 heavy (non-hydrogen) atoms. The van der Waals surface area contributed by atoms with Crippen LogP contribution in [0.5, 0.6) is 0 Å². The molecule has 2 heterocycles. The summed E-state index contributed by atoms with van der Waals surface area (Å²) in [7, 11) is 1.62. The van der Waals surface area contributed by atoms with Crippen molar-refractivity contribution in [3.8, 4) is 0 Å². The fourth-order valence-corrected chi connectivity index (χ4v) is 3.19. The second-order valence-electron chi connectivity index (χ2n) is 5.19. The number of hydrogen-bond acceptors (Lipinski definition) is 5. The molecule has 5 nitrogen and oxygen atoms in total. The average molecular weight is 354 g/mol. The molecule has 0 bridgehead atoms. The number of para-hydroxylation sites is 1. The van der Waals surface area contributed by atoms with Gasteiger partial charge in [0.25, 0.3) is 5.91 Å². The predicted octanol–water partition coefficient (Wildman–Crippen LogP) is 4.09. The Hall–Kier alpha value is -2.57. The van der Waals surface area contributed by atoms with Gasteiger partial charge >= 0.3 is 0 Å². The number of amides is 1. The molecule has 0 N–H and O–H groups in total. The molecule has 128 valence electrons. The van der Waals surface area contributed by atoms with Crippen molar-refractivity contribution in [2.45, 2.75) is 0 Å². The fourth-order valence-electron chi connectivity index (χ4n) is 2.21. The van der Waals surface area contributed by atoms with E-state index in [1.54, 1.807) is 30.4 Å². The quantitative estimate of drug-likeness (QED) is 0.733. The molecule has 1 aromatic heterocycles. The SMILES string of the molecule is COCCN1C(=O)/C(=C\C=C\c2ccco2)SC1=Nc1ccccc1. The second kappa shape index (κ2) is 8.50. The summed E-state index contributed by atoms with van der Waals surface area (Å²) in [5, 5.41) is 0.658. The minimum Gasteiger partial charge on any atom is -0.465 e. The van der Waals surface area contributed by atoms with Gasteiger partial charge in [0.15, 0.2) is 5.17 Å². The number of hydrogen-bond donors (Lipinski definition) is 0. The third-order valence-corrected chi connectivity index (χ3v) is 4.46. The first-order valence-corrected chi connectivity index (χ1v) is 8.64. The molecule has 0 saturated carbocycles. The van der Waals surface area contributed by atoms with Crippen LogP contribution >= 0.6 is 11.8 Å². The summed E-state index contributed by atoms with van der Waals surface area (Å²) in [5.41, 5.74) is 0.813. The molecule has 6 heteroatoms. The summed E-state index contributed by atoms with van der Waals surface area (Å²) >= 11 is 1.36. The van der Waals surface area contributed by atoms with E-state index in [1.807, 2.05) is 48.5 Å². The van der Waals surface area contributed by atoms with Crippen molar-refractivity contribution in [2.75, 3.05) is 20.3 Å². The van der Waals surface area contributed by atoms with Crippen molar-refractivity contribution in [2.24, 2.45) is 4.99 Å². The summed E-state index contributed by atoms with van der Waals surface area (Å²) in [6.45, 7) is 0.920. The van der Waals surface area contributed by atoms with Crippen LogP contribution in [0, 0.1) is 0 Å². The highest BCUT2D eigenvalue weighted by Gasteiger charge is 2.32. The average Bonchev–Trinajstić information content (AvgIpc) is 3.24. The molecule has 1 saturated heterocycles. The Morgan fingerprint density at radius 2 is 2.08 bits per heavy atom. The third kappa shape index (κ3) is 4.49. The van der Waals surface area contributed by atoms with Gasteiger partial charge in [0.1, 0.15) is 5.76 Å². The van der Waals surface area contributed by atoms with Crippen LogP contribution in [0.3, 0.4) is 0 Å². The van der Waals surface area contributed by atoms with E-state index in [9.17, 15) is 4.79 Å². The molecule has 1 aliphatic rings. The van der Waals surface area contributed by atoms with Gasteiger partial charge in [-0.1, -0.05) is 24.3 Å². The number of allylic oxidation sites excluding steroid dienone is 2. The van der Waals surface area contributed by atoms with Crippen molar-refractivity contribution in [3.63, 3.8) is 0 Å². The molecule has 1 aliphatic heterocycles. The van der Waals surface area contributed by atoms with Crippen molar-refractivity contribution in [1.29, 1.82) is 0 Å². The Morgan fingerprint density at radius 1 is 1.24 bits per heavy atom. The van der Waals surface area contributed by atoms with E-state index in [1.165, 1.54) is 11.8 Å². The van der Waals surface area contributed by atoms with Gasteiger partial charge in [0, 0.05) is 7.11 Å². The molecule has 2 aromatic rings. The molecular formula is C19H18N2O3S. The maximum absolute atomic E-state index is 12.6. The molecule has 1 aromatic carbocycles. The first-order chi connectivity index (χ1) is 12.3. The van der Waals surface area contributed by atoms with E-state index in [-0.39, 0.29) is 5.91 Å². The highest BCUT2D eigenvalue weighted by Crippen LogP contribution is 2.32. The lowest BCUT2D eigenvalue weighted by Crippen LogP contribution is -2.32. The van der Waals surface area contributed by atoms with Gasteiger partial charge in [-0.2, -0.15) is 0 Å². The number of furan rings is 1. The van der Waals surface area contributed by atoms with Crippen LogP contribution in [0.4, 0.5) is 5.69 Å². The van der Waals surface area contributed by atoms with Crippen LogP contribution < -0.4 is 0 Å². The van der Waals surface area contributed by atoms with Gasteiger partial charge in [-0.05, 0) is 48.2 Å². The molecular weight excluding hydrogens is 336 g/mol. The topological polar surface area (TPSA) is 55.0 Å². The number of rotatable bonds is 6. The van der Waals surface area contributed by atoms with Crippen LogP contribution in [0.15, 0.2) is 75.2 Å². The number of nitrogens with zero attached hydrogens (tertiary/aromatic N) is 2. The molecule has 0 atom stereocenters. The van der Waals surface area contributed by atoms with Crippen molar-refractivity contribution < 1.29 is 13.9 Å². The molecule has 3 rings (SSSR count). The molecule has 0 aliphatic carbocycles. The minimum atomic E-state index is -0.0687. The molecule has 1 fully saturated rings. The van der Waals surface area contributed by atoms with Gasteiger partial charge in [-0.3, -0.25) is 9.69 Å². The van der Waals surface area contributed by atoms with E-state index >= 15 is 0 Å². The van der Waals surface area contributed by atoms with Gasteiger partial charge < -0.3 is 9.15 Å². The van der Waals surface area contributed by atoms with Crippen LogP contribution in [0.1, 0.15) is 5.76 Å². The lowest BCUT2D eigenvalue weighted by atomic mass is 10.3. The zero-order valence-electron chi connectivity index (χ0n) is 13.8. The van der Waals surface area contributed by atoms with E-state index in [0.29, 0.717) is 23.2 Å². The van der Waals surface area contributed by atoms with E-state index < -0.39 is 0 Å². The van der Waals surface area contributed by atoms with Crippen molar-refractivity contribution in [3.05, 3.63) is 71.5 Å². The number of ether oxygens (including phenoxy) is 1. The van der Waals surface area contributed by atoms with E-state index in [4.69, 9.17) is 9.15 Å². The first-order valence-electron chi connectivity index (χ1n) is 7.82. The van der Waals surface area contributed by atoms with Crippen LogP contribution in [0.2, 0.25) is 0 Å².